The van der Waals surface area contributed by atoms with E-state index in [-0.39, 0.29) is 6.04 Å². The molecule has 0 aromatic carbocycles. The monoisotopic (exact) mass is 255 g/mol. The third-order valence-electron chi connectivity index (χ3n) is 3.97. The average molecular weight is 256 g/mol. The van der Waals surface area contributed by atoms with E-state index in [0.29, 0.717) is 11.8 Å². The molecule has 0 radical (unpaired) electrons. The average Bonchev–Trinajstić information content (AvgIpc) is 2.86. The van der Waals surface area contributed by atoms with E-state index in [4.69, 9.17) is 17.3 Å². The first-order chi connectivity index (χ1) is 8.15. The lowest BCUT2D eigenvalue weighted by molar-refractivity contribution is 0.335. The van der Waals surface area contributed by atoms with E-state index in [9.17, 15) is 0 Å². The molecule has 0 spiro atoms. The van der Waals surface area contributed by atoms with Crippen LogP contribution in [0, 0.1) is 11.8 Å². The second kappa shape index (κ2) is 5.40. The lowest BCUT2D eigenvalue weighted by atomic mass is 9.89. The summed E-state index contributed by atoms with van der Waals surface area (Å²) in [6.45, 7) is 5.34. The van der Waals surface area contributed by atoms with Gasteiger partial charge < -0.3 is 5.73 Å². The van der Waals surface area contributed by atoms with Gasteiger partial charge in [-0.2, -0.15) is 5.10 Å². The molecule has 3 atom stereocenters. The molecule has 1 aliphatic carbocycles. The highest BCUT2D eigenvalue weighted by molar-refractivity contribution is 6.31. The molecule has 2 N–H and O–H groups in total. The summed E-state index contributed by atoms with van der Waals surface area (Å²) in [5, 5.41) is 5.05. The normalized spacial score (nSPS) is 26.4. The van der Waals surface area contributed by atoms with Crippen LogP contribution >= 0.6 is 11.6 Å². The first-order valence-electron chi connectivity index (χ1n) is 6.62. The van der Waals surface area contributed by atoms with Gasteiger partial charge in [-0.3, -0.25) is 4.68 Å². The highest BCUT2D eigenvalue weighted by Crippen LogP contribution is 2.40. The van der Waals surface area contributed by atoms with Crippen LogP contribution in [0.25, 0.3) is 0 Å². The molecule has 2 rings (SSSR count). The number of rotatable bonds is 4. The van der Waals surface area contributed by atoms with Gasteiger partial charge in [0, 0.05) is 6.54 Å². The maximum Gasteiger partial charge on any atom is 0.0834 e. The van der Waals surface area contributed by atoms with E-state index >= 15 is 0 Å². The molecule has 0 aliphatic heterocycles. The fourth-order valence-electron chi connectivity index (χ4n) is 3.00. The highest BCUT2D eigenvalue weighted by Gasteiger charge is 2.32. The number of aryl methyl sites for hydroxylation is 1. The lowest BCUT2D eigenvalue weighted by Crippen LogP contribution is -2.26. The van der Waals surface area contributed by atoms with Crippen LogP contribution in [0.15, 0.2) is 6.20 Å². The van der Waals surface area contributed by atoms with Crippen molar-refractivity contribution >= 4 is 11.6 Å². The van der Waals surface area contributed by atoms with Crippen LogP contribution in [0.2, 0.25) is 5.02 Å². The van der Waals surface area contributed by atoms with Gasteiger partial charge in [0.15, 0.2) is 0 Å². The predicted octanol–water partition coefficient (Wildman–Crippen LogP) is 3.38. The molecule has 3 unspecified atom stereocenters. The summed E-state index contributed by atoms with van der Waals surface area (Å²) in [5.41, 5.74) is 7.46. The summed E-state index contributed by atoms with van der Waals surface area (Å²) in [6, 6.07) is 0.0362. The van der Waals surface area contributed by atoms with E-state index < -0.39 is 0 Å². The SMILES string of the molecule is CCCn1ncc(Cl)c1C(N)C1CCCC1C. The quantitative estimate of drug-likeness (QED) is 0.896. The maximum atomic E-state index is 6.42. The molecule has 1 saturated carbocycles. The molecule has 1 heterocycles. The Labute approximate surface area is 108 Å². The van der Waals surface area contributed by atoms with Crippen molar-refractivity contribution in [2.45, 2.75) is 52.1 Å². The molecule has 96 valence electrons. The number of hydrogen-bond acceptors (Lipinski definition) is 2. The van der Waals surface area contributed by atoms with Gasteiger partial charge in [0.05, 0.1) is 23.0 Å². The van der Waals surface area contributed by atoms with Crippen molar-refractivity contribution in [1.82, 2.24) is 9.78 Å². The van der Waals surface area contributed by atoms with Crippen molar-refractivity contribution < 1.29 is 0 Å². The Bertz CT molecular complexity index is 375. The van der Waals surface area contributed by atoms with Gasteiger partial charge in [0.25, 0.3) is 0 Å². The van der Waals surface area contributed by atoms with Gasteiger partial charge in [0.1, 0.15) is 0 Å². The first-order valence-corrected chi connectivity index (χ1v) is 6.99. The Morgan fingerprint density at radius 2 is 2.35 bits per heavy atom. The Kier molecular flexibility index (Phi) is 4.10. The van der Waals surface area contributed by atoms with Gasteiger partial charge in [-0.05, 0) is 24.7 Å². The number of nitrogens with zero attached hydrogens (tertiary/aromatic N) is 2. The Hall–Kier alpha value is -0.540. The summed E-state index contributed by atoms with van der Waals surface area (Å²) >= 11 is 6.24. The van der Waals surface area contributed by atoms with Crippen LogP contribution < -0.4 is 5.73 Å². The molecule has 0 amide bonds. The minimum Gasteiger partial charge on any atom is -0.322 e. The second-order valence-corrected chi connectivity index (χ2v) is 5.61. The molecular formula is C13H22ClN3. The smallest absolute Gasteiger partial charge is 0.0834 e. The van der Waals surface area contributed by atoms with Crippen LogP contribution in [0.4, 0.5) is 0 Å². The second-order valence-electron chi connectivity index (χ2n) is 5.20. The van der Waals surface area contributed by atoms with Gasteiger partial charge in [-0.25, -0.2) is 0 Å². The van der Waals surface area contributed by atoms with Gasteiger partial charge in [0.2, 0.25) is 0 Å². The first kappa shape index (κ1) is 12.9. The van der Waals surface area contributed by atoms with Crippen LogP contribution in [-0.2, 0) is 6.54 Å². The fourth-order valence-corrected chi connectivity index (χ4v) is 3.27. The molecule has 3 nitrogen and oxygen atoms in total. The predicted molar refractivity (Wildman–Crippen MR) is 71.0 cm³/mol. The number of aromatic nitrogens is 2. The molecule has 1 aromatic rings. The van der Waals surface area contributed by atoms with Crippen molar-refractivity contribution in [3.05, 3.63) is 16.9 Å². The van der Waals surface area contributed by atoms with Crippen molar-refractivity contribution in [3.8, 4) is 0 Å². The zero-order valence-corrected chi connectivity index (χ0v) is 11.5. The summed E-state index contributed by atoms with van der Waals surface area (Å²) < 4.78 is 1.98. The van der Waals surface area contributed by atoms with E-state index in [2.05, 4.69) is 18.9 Å². The topological polar surface area (TPSA) is 43.8 Å². The lowest BCUT2D eigenvalue weighted by Gasteiger charge is -2.24. The summed E-state index contributed by atoms with van der Waals surface area (Å²) in [4.78, 5) is 0. The van der Waals surface area contributed by atoms with Crippen LogP contribution in [0.5, 0.6) is 0 Å². The Morgan fingerprint density at radius 1 is 1.59 bits per heavy atom. The summed E-state index contributed by atoms with van der Waals surface area (Å²) in [7, 11) is 0. The van der Waals surface area contributed by atoms with Gasteiger partial charge in [-0.1, -0.05) is 38.3 Å². The fraction of sp³-hybridized carbons (Fsp3) is 0.769. The highest BCUT2D eigenvalue weighted by atomic mass is 35.5. The maximum absolute atomic E-state index is 6.42. The molecule has 0 bridgehead atoms. The van der Waals surface area contributed by atoms with E-state index in [1.807, 2.05) is 4.68 Å². The van der Waals surface area contributed by atoms with Crippen LogP contribution in [0.1, 0.15) is 51.3 Å². The molecule has 4 heteroatoms. The minimum atomic E-state index is 0.0362. The van der Waals surface area contributed by atoms with Crippen molar-refractivity contribution in [3.63, 3.8) is 0 Å². The number of hydrogen-bond donors (Lipinski definition) is 1. The Balaban J connectivity index is 2.22. The van der Waals surface area contributed by atoms with E-state index in [1.54, 1.807) is 6.20 Å². The minimum absolute atomic E-state index is 0.0362. The molecule has 17 heavy (non-hydrogen) atoms. The Morgan fingerprint density at radius 3 is 2.94 bits per heavy atom. The third-order valence-corrected chi connectivity index (χ3v) is 4.26. The number of halogens is 1. The zero-order chi connectivity index (χ0) is 12.4. The largest absolute Gasteiger partial charge is 0.322 e. The van der Waals surface area contributed by atoms with Crippen LogP contribution in [-0.4, -0.2) is 9.78 Å². The van der Waals surface area contributed by atoms with Crippen molar-refractivity contribution in [2.75, 3.05) is 0 Å². The van der Waals surface area contributed by atoms with E-state index in [1.165, 1.54) is 19.3 Å². The van der Waals surface area contributed by atoms with Gasteiger partial charge >= 0.3 is 0 Å². The summed E-state index contributed by atoms with van der Waals surface area (Å²) in [6.07, 6.45) is 6.58. The molecule has 1 aromatic heterocycles. The van der Waals surface area contributed by atoms with Crippen molar-refractivity contribution in [1.29, 1.82) is 0 Å². The summed E-state index contributed by atoms with van der Waals surface area (Å²) in [5.74, 6) is 1.26. The third kappa shape index (κ3) is 2.50. The van der Waals surface area contributed by atoms with Crippen molar-refractivity contribution in [2.24, 2.45) is 17.6 Å². The standard InChI is InChI=1S/C13H22ClN3/c1-3-7-17-13(11(14)8-16-17)12(15)10-6-4-5-9(10)2/h8-10,12H,3-7,15H2,1-2H3. The van der Waals surface area contributed by atoms with Gasteiger partial charge in [-0.15, -0.1) is 0 Å². The van der Waals surface area contributed by atoms with Crippen LogP contribution in [0.3, 0.4) is 0 Å². The zero-order valence-electron chi connectivity index (χ0n) is 10.7. The molecular weight excluding hydrogens is 234 g/mol. The molecule has 0 saturated heterocycles. The molecule has 1 fully saturated rings. The molecule has 1 aliphatic rings. The number of nitrogens with two attached hydrogens (primary N) is 1. The van der Waals surface area contributed by atoms with E-state index in [0.717, 1.165) is 23.7 Å².